The molecular formula is C28H26FN5O3. The Morgan fingerprint density at radius 1 is 1.00 bits per heavy atom. The van der Waals surface area contributed by atoms with Crippen LogP contribution in [0.3, 0.4) is 0 Å². The van der Waals surface area contributed by atoms with Crippen molar-refractivity contribution < 1.29 is 9.13 Å². The van der Waals surface area contributed by atoms with Crippen molar-refractivity contribution in [1.82, 2.24) is 14.1 Å². The maximum atomic E-state index is 14.5. The summed E-state index contributed by atoms with van der Waals surface area (Å²) in [5, 5.41) is 2.28. The molecule has 37 heavy (non-hydrogen) atoms. The van der Waals surface area contributed by atoms with Crippen LogP contribution in [-0.2, 0) is 20.6 Å². The summed E-state index contributed by atoms with van der Waals surface area (Å²) in [6.07, 6.45) is 0. The molecule has 0 bridgehead atoms. The van der Waals surface area contributed by atoms with Crippen LogP contribution in [0.15, 0.2) is 70.3 Å². The van der Waals surface area contributed by atoms with E-state index >= 15 is 0 Å². The lowest BCUT2D eigenvalue weighted by atomic mass is 9.95. The van der Waals surface area contributed by atoms with Crippen molar-refractivity contribution in [2.24, 2.45) is 19.8 Å². The fourth-order valence-electron chi connectivity index (χ4n) is 4.76. The van der Waals surface area contributed by atoms with Gasteiger partial charge in [-0.05, 0) is 41.1 Å². The molecule has 0 aliphatic heterocycles. The maximum Gasteiger partial charge on any atom is 0.332 e. The summed E-state index contributed by atoms with van der Waals surface area (Å²) in [4.78, 5) is 33.0. The Balaban J connectivity index is 1.93. The van der Waals surface area contributed by atoms with Crippen LogP contribution in [0, 0.1) is 5.82 Å². The number of fused-ring (bicyclic) bond motifs is 2. The first-order valence-electron chi connectivity index (χ1n) is 11.7. The average Bonchev–Trinajstić information content (AvgIpc) is 2.93. The standard InChI is InChI=1S/C28H26FN5O3/c1-32(19-11-9-16-7-5-6-8-17(16)13-19)25-21(15-30)23(20-14-18(29)10-12-22(20)37-4)24-26(31-25)33(2)28(36)34(3)27(24)35/h5-14H,15,30H2,1-4H3. The van der Waals surface area contributed by atoms with Crippen LogP contribution < -0.4 is 26.6 Å². The van der Waals surface area contributed by atoms with Gasteiger partial charge in [-0.25, -0.2) is 14.2 Å². The second-order valence-electron chi connectivity index (χ2n) is 8.83. The number of nitrogens with two attached hydrogens (primary N) is 1. The number of rotatable bonds is 5. The van der Waals surface area contributed by atoms with E-state index in [2.05, 4.69) is 0 Å². The topological polar surface area (TPSA) is 95.4 Å². The van der Waals surface area contributed by atoms with Gasteiger partial charge in [-0.3, -0.25) is 13.9 Å². The highest BCUT2D eigenvalue weighted by Gasteiger charge is 2.26. The van der Waals surface area contributed by atoms with Gasteiger partial charge in [-0.2, -0.15) is 0 Å². The Hall–Kier alpha value is -4.50. The summed E-state index contributed by atoms with van der Waals surface area (Å²) in [6, 6.07) is 18.0. The summed E-state index contributed by atoms with van der Waals surface area (Å²) >= 11 is 0. The number of benzene rings is 3. The molecule has 0 amide bonds. The van der Waals surface area contributed by atoms with Crippen molar-refractivity contribution >= 4 is 33.3 Å². The minimum Gasteiger partial charge on any atom is -0.496 e. The van der Waals surface area contributed by atoms with E-state index in [0.29, 0.717) is 28.3 Å². The number of halogens is 1. The summed E-state index contributed by atoms with van der Waals surface area (Å²) in [5.41, 5.74) is 7.44. The number of aromatic nitrogens is 3. The van der Waals surface area contributed by atoms with Crippen LogP contribution in [0.1, 0.15) is 5.56 Å². The van der Waals surface area contributed by atoms with Crippen LogP contribution >= 0.6 is 0 Å². The van der Waals surface area contributed by atoms with Crippen LogP contribution in [0.5, 0.6) is 5.75 Å². The molecule has 2 heterocycles. The predicted octanol–water partition coefficient (Wildman–Crippen LogP) is 3.83. The molecule has 0 fully saturated rings. The van der Waals surface area contributed by atoms with Crippen molar-refractivity contribution in [2.45, 2.75) is 6.54 Å². The van der Waals surface area contributed by atoms with Crippen LogP contribution in [0.4, 0.5) is 15.9 Å². The van der Waals surface area contributed by atoms with Crippen LogP contribution in [0.25, 0.3) is 32.9 Å². The number of nitrogens with zero attached hydrogens (tertiary/aromatic N) is 4. The largest absolute Gasteiger partial charge is 0.496 e. The highest BCUT2D eigenvalue weighted by Crippen LogP contribution is 2.41. The predicted molar refractivity (Wildman–Crippen MR) is 144 cm³/mol. The van der Waals surface area contributed by atoms with Crippen molar-refractivity contribution in [3.05, 3.63) is 92.9 Å². The Morgan fingerprint density at radius 3 is 2.43 bits per heavy atom. The third kappa shape index (κ3) is 3.84. The zero-order chi connectivity index (χ0) is 26.4. The molecule has 0 atom stereocenters. The Labute approximate surface area is 212 Å². The lowest BCUT2D eigenvalue weighted by Gasteiger charge is -2.25. The third-order valence-corrected chi connectivity index (χ3v) is 6.74. The Morgan fingerprint density at radius 2 is 1.73 bits per heavy atom. The van der Waals surface area contributed by atoms with Gasteiger partial charge >= 0.3 is 5.69 Å². The normalized spacial score (nSPS) is 11.3. The fourth-order valence-corrected chi connectivity index (χ4v) is 4.76. The molecule has 5 rings (SSSR count). The molecule has 188 valence electrons. The number of pyridine rings is 1. The number of aryl methyl sites for hydroxylation is 1. The number of hydrogen-bond acceptors (Lipinski definition) is 6. The number of anilines is 2. The van der Waals surface area contributed by atoms with E-state index in [4.69, 9.17) is 15.5 Å². The van der Waals surface area contributed by atoms with E-state index in [0.717, 1.165) is 21.0 Å². The van der Waals surface area contributed by atoms with Gasteiger partial charge in [-0.15, -0.1) is 0 Å². The molecular weight excluding hydrogens is 473 g/mol. The van der Waals surface area contributed by atoms with E-state index in [-0.39, 0.29) is 17.6 Å². The monoisotopic (exact) mass is 499 g/mol. The quantitative estimate of drug-likeness (QED) is 0.395. The zero-order valence-electron chi connectivity index (χ0n) is 20.9. The van der Waals surface area contributed by atoms with Gasteiger partial charge in [0, 0.05) is 50.1 Å². The first-order chi connectivity index (χ1) is 17.8. The molecule has 0 spiro atoms. The van der Waals surface area contributed by atoms with Gasteiger partial charge in [0.15, 0.2) is 5.65 Å². The summed E-state index contributed by atoms with van der Waals surface area (Å²) < 4.78 is 22.4. The summed E-state index contributed by atoms with van der Waals surface area (Å²) in [5.74, 6) is 0.295. The third-order valence-electron chi connectivity index (χ3n) is 6.74. The summed E-state index contributed by atoms with van der Waals surface area (Å²) in [6.45, 7) is -0.00279. The highest BCUT2D eigenvalue weighted by molar-refractivity contribution is 5.99. The highest BCUT2D eigenvalue weighted by atomic mass is 19.1. The number of hydrogen-bond donors (Lipinski definition) is 1. The van der Waals surface area contributed by atoms with Crippen molar-refractivity contribution in [3.63, 3.8) is 0 Å². The van der Waals surface area contributed by atoms with Crippen molar-refractivity contribution in [2.75, 3.05) is 19.1 Å². The minimum atomic E-state index is -0.554. The SMILES string of the molecule is COc1ccc(F)cc1-c1c(CN)c(N(C)c2ccc3ccccc3c2)nc2c1c(=O)n(C)c(=O)n2C. The van der Waals surface area contributed by atoms with E-state index in [1.165, 1.54) is 36.9 Å². The molecule has 5 aromatic rings. The molecule has 2 N–H and O–H groups in total. The fraction of sp³-hybridized carbons (Fsp3) is 0.179. The van der Waals surface area contributed by atoms with Gasteiger partial charge < -0.3 is 15.4 Å². The number of methoxy groups -OCH3 is 1. The second kappa shape index (κ2) is 9.18. The number of ether oxygens (including phenoxy) is 1. The summed E-state index contributed by atoms with van der Waals surface area (Å²) in [7, 11) is 6.25. The van der Waals surface area contributed by atoms with Gasteiger partial charge in [-0.1, -0.05) is 30.3 Å². The molecule has 0 unspecified atom stereocenters. The molecule has 3 aromatic carbocycles. The molecule has 0 aliphatic carbocycles. The second-order valence-corrected chi connectivity index (χ2v) is 8.83. The average molecular weight is 500 g/mol. The maximum absolute atomic E-state index is 14.5. The Kier molecular flexibility index (Phi) is 6.01. The molecule has 0 radical (unpaired) electrons. The Bertz CT molecular complexity index is 1810. The zero-order valence-corrected chi connectivity index (χ0v) is 20.9. The van der Waals surface area contributed by atoms with Gasteiger partial charge in [0.05, 0.1) is 12.5 Å². The molecule has 0 saturated carbocycles. The van der Waals surface area contributed by atoms with Gasteiger partial charge in [0.2, 0.25) is 0 Å². The van der Waals surface area contributed by atoms with Crippen molar-refractivity contribution in [3.8, 4) is 16.9 Å². The first-order valence-corrected chi connectivity index (χ1v) is 11.7. The van der Waals surface area contributed by atoms with Gasteiger partial charge in [0.1, 0.15) is 17.4 Å². The molecule has 9 heteroatoms. The lowest BCUT2D eigenvalue weighted by Crippen LogP contribution is -2.38. The van der Waals surface area contributed by atoms with Crippen molar-refractivity contribution in [1.29, 1.82) is 0 Å². The van der Waals surface area contributed by atoms with E-state index < -0.39 is 17.1 Å². The molecule has 2 aromatic heterocycles. The van der Waals surface area contributed by atoms with E-state index in [9.17, 15) is 14.0 Å². The molecule has 0 saturated heterocycles. The van der Waals surface area contributed by atoms with E-state index in [1.54, 1.807) is 7.05 Å². The lowest BCUT2D eigenvalue weighted by molar-refractivity contribution is 0.415. The van der Waals surface area contributed by atoms with Crippen LogP contribution in [-0.4, -0.2) is 28.3 Å². The van der Waals surface area contributed by atoms with E-state index in [1.807, 2.05) is 54.4 Å². The minimum absolute atomic E-state index is 0.00279. The van der Waals surface area contributed by atoms with Gasteiger partial charge in [0.25, 0.3) is 5.56 Å². The first kappa shape index (κ1) is 24.2. The van der Waals surface area contributed by atoms with Crippen LogP contribution in [0.2, 0.25) is 0 Å². The molecule has 0 aliphatic rings. The molecule has 8 nitrogen and oxygen atoms in total. The smallest absolute Gasteiger partial charge is 0.332 e.